The third kappa shape index (κ3) is 3.96. The van der Waals surface area contributed by atoms with Gasteiger partial charge in [-0.2, -0.15) is 0 Å². The van der Waals surface area contributed by atoms with E-state index in [1.807, 2.05) is 13.8 Å². The standard InChI is InChI=1S/C13H19ClN2O2/c1-4-11-8-10(9-12(14)15-11)13(17)16(5-2)6-7-18-3/h8-9H,4-7H2,1-3H3. The van der Waals surface area contributed by atoms with Crippen molar-refractivity contribution in [2.75, 3.05) is 26.8 Å². The predicted octanol–water partition coefficient (Wildman–Crippen LogP) is 2.41. The Balaban J connectivity index is 2.90. The maximum atomic E-state index is 12.3. The van der Waals surface area contributed by atoms with Gasteiger partial charge in [0.2, 0.25) is 0 Å². The highest BCUT2D eigenvalue weighted by molar-refractivity contribution is 6.29. The van der Waals surface area contributed by atoms with Crippen LogP contribution in [0, 0.1) is 0 Å². The van der Waals surface area contributed by atoms with Crippen LogP contribution in [0.15, 0.2) is 12.1 Å². The SMILES string of the molecule is CCc1cc(C(=O)N(CC)CCOC)cc(Cl)n1. The number of aromatic nitrogens is 1. The Kier molecular flexibility index (Phi) is 6.09. The van der Waals surface area contributed by atoms with Crippen molar-refractivity contribution in [3.05, 3.63) is 28.5 Å². The third-order valence-corrected chi connectivity index (χ3v) is 2.88. The van der Waals surface area contributed by atoms with Crippen LogP contribution >= 0.6 is 11.6 Å². The normalized spacial score (nSPS) is 10.4. The molecule has 1 amide bonds. The Labute approximate surface area is 113 Å². The van der Waals surface area contributed by atoms with Crippen LogP contribution in [0.4, 0.5) is 0 Å². The van der Waals surface area contributed by atoms with Gasteiger partial charge in [0.1, 0.15) is 5.15 Å². The number of rotatable bonds is 6. The molecule has 0 saturated carbocycles. The van der Waals surface area contributed by atoms with E-state index < -0.39 is 0 Å². The van der Waals surface area contributed by atoms with E-state index in [4.69, 9.17) is 16.3 Å². The molecule has 0 aliphatic rings. The van der Waals surface area contributed by atoms with Gasteiger partial charge < -0.3 is 9.64 Å². The number of carbonyl (C=O) groups is 1. The van der Waals surface area contributed by atoms with Crippen LogP contribution in [0.5, 0.6) is 0 Å². The quantitative estimate of drug-likeness (QED) is 0.746. The van der Waals surface area contributed by atoms with Crippen molar-refractivity contribution in [3.8, 4) is 0 Å². The summed E-state index contributed by atoms with van der Waals surface area (Å²) in [6, 6.07) is 3.40. The van der Waals surface area contributed by atoms with Gasteiger partial charge in [0.05, 0.1) is 6.61 Å². The average molecular weight is 271 g/mol. The van der Waals surface area contributed by atoms with E-state index in [2.05, 4.69) is 4.98 Å². The van der Waals surface area contributed by atoms with E-state index in [0.29, 0.717) is 30.4 Å². The molecule has 1 aromatic rings. The first-order valence-electron chi connectivity index (χ1n) is 6.07. The first-order chi connectivity index (χ1) is 8.62. The van der Waals surface area contributed by atoms with Gasteiger partial charge in [0.15, 0.2) is 0 Å². The third-order valence-electron chi connectivity index (χ3n) is 2.69. The molecule has 0 N–H and O–H groups in total. The van der Waals surface area contributed by atoms with E-state index in [9.17, 15) is 4.79 Å². The number of amides is 1. The minimum absolute atomic E-state index is 0.0337. The minimum Gasteiger partial charge on any atom is -0.383 e. The van der Waals surface area contributed by atoms with Crippen LogP contribution < -0.4 is 0 Å². The lowest BCUT2D eigenvalue weighted by Crippen LogP contribution is -2.33. The lowest BCUT2D eigenvalue weighted by molar-refractivity contribution is 0.0706. The molecule has 4 nitrogen and oxygen atoms in total. The summed E-state index contributed by atoms with van der Waals surface area (Å²) in [7, 11) is 1.62. The van der Waals surface area contributed by atoms with Crippen molar-refractivity contribution in [1.29, 1.82) is 0 Å². The molecule has 100 valence electrons. The number of ether oxygens (including phenoxy) is 1. The first kappa shape index (κ1) is 14.9. The Hall–Kier alpha value is -1.13. The van der Waals surface area contributed by atoms with Crippen molar-refractivity contribution in [3.63, 3.8) is 0 Å². The van der Waals surface area contributed by atoms with Crippen molar-refractivity contribution in [1.82, 2.24) is 9.88 Å². The van der Waals surface area contributed by atoms with Gasteiger partial charge in [-0.3, -0.25) is 4.79 Å². The summed E-state index contributed by atoms with van der Waals surface area (Å²) in [5.41, 5.74) is 1.42. The lowest BCUT2D eigenvalue weighted by Gasteiger charge is -2.20. The molecule has 0 radical (unpaired) electrons. The van der Waals surface area contributed by atoms with Crippen LogP contribution in [0.2, 0.25) is 5.15 Å². The zero-order valence-corrected chi connectivity index (χ0v) is 11.8. The molecule has 0 atom stereocenters. The maximum absolute atomic E-state index is 12.3. The average Bonchev–Trinajstić information content (AvgIpc) is 2.38. The zero-order chi connectivity index (χ0) is 13.5. The van der Waals surface area contributed by atoms with E-state index in [1.165, 1.54) is 0 Å². The molecule has 0 aromatic carbocycles. The number of pyridine rings is 1. The molecule has 1 heterocycles. The predicted molar refractivity (Wildman–Crippen MR) is 72.1 cm³/mol. The van der Waals surface area contributed by atoms with Crippen LogP contribution in [-0.2, 0) is 11.2 Å². The Morgan fingerprint density at radius 1 is 1.44 bits per heavy atom. The minimum atomic E-state index is -0.0337. The number of nitrogens with zero attached hydrogens (tertiary/aromatic N) is 2. The fourth-order valence-electron chi connectivity index (χ4n) is 1.64. The summed E-state index contributed by atoms with van der Waals surface area (Å²) in [5.74, 6) is -0.0337. The van der Waals surface area contributed by atoms with Crippen molar-refractivity contribution < 1.29 is 9.53 Å². The van der Waals surface area contributed by atoms with E-state index >= 15 is 0 Å². The highest BCUT2D eigenvalue weighted by Gasteiger charge is 2.15. The molecule has 18 heavy (non-hydrogen) atoms. The van der Waals surface area contributed by atoms with Crippen molar-refractivity contribution in [2.24, 2.45) is 0 Å². The Morgan fingerprint density at radius 3 is 2.72 bits per heavy atom. The fraction of sp³-hybridized carbons (Fsp3) is 0.538. The van der Waals surface area contributed by atoms with E-state index in [-0.39, 0.29) is 5.91 Å². The summed E-state index contributed by atoms with van der Waals surface area (Å²) < 4.78 is 5.00. The van der Waals surface area contributed by atoms with Crippen LogP contribution in [0.3, 0.4) is 0 Å². The second kappa shape index (κ2) is 7.34. The van der Waals surface area contributed by atoms with Gasteiger partial charge in [0, 0.05) is 31.5 Å². The highest BCUT2D eigenvalue weighted by atomic mass is 35.5. The number of likely N-dealkylation sites (N-methyl/N-ethyl adjacent to an activating group) is 1. The van der Waals surface area contributed by atoms with E-state index in [0.717, 1.165) is 12.1 Å². The van der Waals surface area contributed by atoms with Gasteiger partial charge in [-0.05, 0) is 25.5 Å². The van der Waals surface area contributed by atoms with Crippen LogP contribution in [0.1, 0.15) is 29.9 Å². The van der Waals surface area contributed by atoms with Crippen LogP contribution in [-0.4, -0.2) is 42.6 Å². The highest BCUT2D eigenvalue weighted by Crippen LogP contribution is 2.13. The first-order valence-corrected chi connectivity index (χ1v) is 6.44. The van der Waals surface area contributed by atoms with Gasteiger partial charge in [0.25, 0.3) is 5.91 Å². The fourth-order valence-corrected chi connectivity index (χ4v) is 1.87. The summed E-state index contributed by atoms with van der Waals surface area (Å²) in [5, 5.41) is 0.362. The number of halogens is 1. The maximum Gasteiger partial charge on any atom is 0.254 e. The number of hydrogen-bond donors (Lipinski definition) is 0. The van der Waals surface area contributed by atoms with Crippen molar-refractivity contribution in [2.45, 2.75) is 20.3 Å². The molecular weight excluding hydrogens is 252 g/mol. The van der Waals surface area contributed by atoms with Crippen LogP contribution in [0.25, 0.3) is 0 Å². The lowest BCUT2D eigenvalue weighted by atomic mass is 10.2. The topological polar surface area (TPSA) is 42.4 Å². The summed E-state index contributed by atoms with van der Waals surface area (Å²) in [4.78, 5) is 18.2. The number of aryl methyl sites for hydroxylation is 1. The molecule has 0 unspecified atom stereocenters. The Bertz CT molecular complexity index is 410. The largest absolute Gasteiger partial charge is 0.383 e. The molecule has 1 aromatic heterocycles. The number of hydrogen-bond acceptors (Lipinski definition) is 3. The van der Waals surface area contributed by atoms with Gasteiger partial charge in [-0.15, -0.1) is 0 Å². The second-order valence-corrected chi connectivity index (χ2v) is 4.29. The summed E-state index contributed by atoms with van der Waals surface area (Å²) in [6.45, 7) is 5.67. The molecular formula is C13H19ClN2O2. The Morgan fingerprint density at radius 2 is 2.17 bits per heavy atom. The molecule has 0 bridgehead atoms. The van der Waals surface area contributed by atoms with Gasteiger partial charge in [-0.1, -0.05) is 18.5 Å². The smallest absolute Gasteiger partial charge is 0.254 e. The molecule has 0 aliphatic heterocycles. The number of methoxy groups -OCH3 is 1. The zero-order valence-electron chi connectivity index (χ0n) is 11.1. The number of carbonyl (C=O) groups excluding carboxylic acids is 1. The molecule has 5 heteroatoms. The molecule has 0 spiro atoms. The molecule has 0 aliphatic carbocycles. The van der Waals surface area contributed by atoms with Crippen molar-refractivity contribution >= 4 is 17.5 Å². The molecule has 0 fully saturated rings. The molecule has 0 saturated heterocycles. The second-order valence-electron chi connectivity index (χ2n) is 3.90. The molecule has 1 rings (SSSR count). The summed E-state index contributed by atoms with van der Waals surface area (Å²) >= 11 is 5.92. The van der Waals surface area contributed by atoms with Gasteiger partial charge >= 0.3 is 0 Å². The van der Waals surface area contributed by atoms with E-state index in [1.54, 1.807) is 24.1 Å². The van der Waals surface area contributed by atoms with Gasteiger partial charge in [-0.25, -0.2) is 4.98 Å². The summed E-state index contributed by atoms with van der Waals surface area (Å²) in [6.07, 6.45) is 0.755. The monoisotopic (exact) mass is 270 g/mol.